The number of carbonyl (C=O) groups excluding carboxylic acids is 3. The summed E-state index contributed by atoms with van der Waals surface area (Å²) in [5, 5.41) is 2.18. The predicted molar refractivity (Wildman–Crippen MR) is 108 cm³/mol. The summed E-state index contributed by atoms with van der Waals surface area (Å²) in [5.74, 6) is -0.149. The van der Waals surface area contributed by atoms with Gasteiger partial charge >= 0.3 is 6.03 Å². The molecule has 0 radical (unpaired) electrons. The molecule has 2 aromatic carbocycles. The normalized spacial score (nSPS) is 15.1. The van der Waals surface area contributed by atoms with Gasteiger partial charge in [0.25, 0.3) is 11.8 Å². The van der Waals surface area contributed by atoms with Crippen LogP contribution in [0.4, 0.5) is 10.5 Å². The molecule has 9 heteroatoms. The van der Waals surface area contributed by atoms with Crippen molar-refractivity contribution in [2.75, 3.05) is 33.3 Å². The van der Waals surface area contributed by atoms with Crippen molar-refractivity contribution < 1.29 is 33.3 Å². The molecule has 156 valence electrons. The summed E-state index contributed by atoms with van der Waals surface area (Å²) in [6.45, 7) is 0. The first-order valence-electron chi connectivity index (χ1n) is 8.79. The van der Waals surface area contributed by atoms with Crippen molar-refractivity contribution >= 4 is 29.6 Å². The molecule has 0 atom stereocenters. The molecule has 1 saturated heterocycles. The zero-order valence-electron chi connectivity index (χ0n) is 16.8. The van der Waals surface area contributed by atoms with E-state index in [1.54, 1.807) is 30.3 Å². The van der Waals surface area contributed by atoms with E-state index in [0.29, 0.717) is 22.8 Å². The Morgan fingerprint density at radius 2 is 1.60 bits per heavy atom. The molecule has 4 amide bonds. The van der Waals surface area contributed by atoms with Gasteiger partial charge in [-0.15, -0.1) is 0 Å². The lowest BCUT2D eigenvalue weighted by Crippen LogP contribution is -2.54. The van der Waals surface area contributed by atoms with E-state index in [1.807, 2.05) is 0 Å². The molecule has 0 bridgehead atoms. The van der Waals surface area contributed by atoms with Crippen LogP contribution in [-0.4, -0.2) is 46.3 Å². The fourth-order valence-electron chi connectivity index (χ4n) is 3.04. The summed E-state index contributed by atoms with van der Waals surface area (Å²) in [6.07, 6.45) is 1.33. The minimum absolute atomic E-state index is 0.247. The van der Waals surface area contributed by atoms with E-state index in [1.165, 1.54) is 40.6 Å². The zero-order valence-corrected chi connectivity index (χ0v) is 16.8. The number of anilines is 1. The summed E-state index contributed by atoms with van der Waals surface area (Å²) < 4.78 is 21.1. The minimum Gasteiger partial charge on any atom is -0.497 e. The van der Waals surface area contributed by atoms with Crippen molar-refractivity contribution in [1.29, 1.82) is 0 Å². The highest BCUT2D eigenvalue weighted by Crippen LogP contribution is 2.40. The molecular formula is C21H20N2O7. The average molecular weight is 412 g/mol. The van der Waals surface area contributed by atoms with Gasteiger partial charge in [-0.3, -0.25) is 14.9 Å². The number of methoxy groups -OCH3 is 4. The van der Waals surface area contributed by atoms with Crippen LogP contribution in [0.3, 0.4) is 0 Å². The SMILES string of the molecule is COc1cccc(N2C(=O)NC(=O)/C(=C/c3ccc(OC)c(OC)c3OC)C2=O)c1. The summed E-state index contributed by atoms with van der Waals surface area (Å²) in [7, 11) is 5.81. The molecular weight excluding hydrogens is 392 g/mol. The fraction of sp³-hybridized carbons (Fsp3) is 0.190. The number of hydrogen-bond donors (Lipinski definition) is 1. The number of hydrogen-bond acceptors (Lipinski definition) is 7. The lowest BCUT2D eigenvalue weighted by molar-refractivity contribution is -0.122. The van der Waals surface area contributed by atoms with Gasteiger partial charge in [0.1, 0.15) is 11.3 Å². The van der Waals surface area contributed by atoms with Crippen molar-refractivity contribution in [1.82, 2.24) is 5.32 Å². The van der Waals surface area contributed by atoms with E-state index < -0.39 is 17.8 Å². The van der Waals surface area contributed by atoms with Gasteiger partial charge in [0.15, 0.2) is 11.5 Å². The van der Waals surface area contributed by atoms with Gasteiger partial charge in [-0.25, -0.2) is 9.69 Å². The molecule has 1 heterocycles. The summed E-state index contributed by atoms with van der Waals surface area (Å²) in [5.41, 5.74) is 0.408. The van der Waals surface area contributed by atoms with Gasteiger partial charge in [0.2, 0.25) is 5.75 Å². The quantitative estimate of drug-likeness (QED) is 0.574. The Morgan fingerprint density at radius 1 is 0.867 bits per heavy atom. The lowest BCUT2D eigenvalue weighted by Gasteiger charge is -2.26. The van der Waals surface area contributed by atoms with Gasteiger partial charge in [0, 0.05) is 11.6 Å². The van der Waals surface area contributed by atoms with E-state index in [9.17, 15) is 14.4 Å². The van der Waals surface area contributed by atoms with Gasteiger partial charge in [-0.05, 0) is 30.3 Å². The molecule has 0 saturated carbocycles. The second-order valence-corrected chi connectivity index (χ2v) is 6.08. The third kappa shape index (κ3) is 3.64. The molecule has 0 unspecified atom stereocenters. The highest BCUT2D eigenvalue weighted by atomic mass is 16.5. The third-order valence-corrected chi connectivity index (χ3v) is 4.45. The van der Waals surface area contributed by atoms with Crippen LogP contribution >= 0.6 is 0 Å². The van der Waals surface area contributed by atoms with Crippen LogP contribution in [0, 0.1) is 0 Å². The average Bonchev–Trinajstić information content (AvgIpc) is 2.75. The minimum atomic E-state index is -0.852. The summed E-state index contributed by atoms with van der Waals surface area (Å²) in [4.78, 5) is 38.7. The Balaban J connectivity index is 2.09. The van der Waals surface area contributed by atoms with Crippen LogP contribution in [0.2, 0.25) is 0 Å². The third-order valence-electron chi connectivity index (χ3n) is 4.45. The van der Waals surface area contributed by atoms with Crippen molar-refractivity contribution in [3.8, 4) is 23.0 Å². The number of nitrogens with one attached hydrogen (secondary N) is 1. The van der Waals surface area contributed by atoms with Crippen molar-refractivity contribution in [2.45, 2.75) is 0 Å². The number of nitrogens with zero attached hydrogens (tertiary/aromatic N) is 1. The molecule has 1 fully saturated rings. The molecule has 30 heavy (non-hydrogen) atoms. The second kappa shape index (κ2) is 8.56. The van der Waals surface area contributed by atoms with Crippen LogP contribution in [0.25, 0.3) is 6.08 Å². The zero-order chi connectivity index (χ0) is 21.8. The van der Waals surface area contributed by atoms with E-state index >= 15 is 0 Å². The number of amides is 4. The van der Waals surface area contributed by atoms with Crippen LogP contribution < -0.4 is 29.2 Å². The van der Waals surface area contributed by atoms with Crippen LogP contribution in [0.1, 0.15) is 5.56 Å². The highest BCUT2D eigenvalue weighted by molar-refractivity contribution is 6.39. The Hall–Kier alpha value is -4.01. The number of urea groups is 1. The van der Waals surface area contributed by atoms with E-state index in [2.05, 4.69) is 5.32 Å². The van der Waals surface area contributed by atoms with E-state index in [0.717, 1.165) is 4.90 Å². The number of barbiturate groups is 1. The van der Waals surface area contributed by atoms with Crippen molar-refractivity contribution in [3.05, 3.63) is 47.5 Å². The molecule has 1 N–H and O–H groups in total. The molecule has 0 aliphatic carbocycles. The predicted octanol–water partition coefficient (Wildman–Crippen LogP) is 2.39. The molecule has 1 aliphatic rings. The van der Waals surface area contributed by atoms with Crippen molar-refractivity contribution in [3.63, 3.8) is 0 Å². The van der Waals surface area contributed by atoms with Crippen LogP contribution in [-0.2, 0) is 9.59 Å². The maximum Gasteiger partial charge on any atom is 0.335 e. The van der Waals surface area contributed by atoms with E-state index in [-0.39, 0.29) is 17.0 Å². The highest BCUT2D eigenvalue weighted by Gasteiger charge is 2.37. The summed E-state index contributed by atoms with van der Waals surface area (Å²) >= 11 is 0. The molecule has 0 aromatic heterocycles. The fourth-order valence-corrected chi connectivity index (χ4v) is 3.04. The monoisotopic (exact) mass is 412 g/mol. The van der Waals surface area contributed by atoms with Crippen LogP contribution in [0.15, 0.2) is 42.0 Å². The lowest BCUT2D eigenvalue weighted by atomic mass is 10.0. The van der Waals surface area contributed by atoms with Gasteiger partial charge < -0.3 is 18.9 Å². The van der Waals surface area contributed by atoms with Gasteiger partial charge in [0.05, 0.1) is 34.1 Å². The Kier molecular flexibility index (Phi) is 5.91. The Bertz CT molecular complexity index is 1050. The maximum atomic E-state index is 13.1. The standard InChI is InChI=1S/C21H20N2O7/c1-27-14-7-5-6-13(11-14)23-20(25)15(19(24)22-21(23)26)10-12-8-9-16(28-2)18(30-4)17(12)29-3/h5-11H,1-4H3,(H,22,24,26)/b15-10-. The Labute approximate surface area is 172 Å². The number of ether oxygens (including phenoxy) is 4. The first-order valence-corrected chi connectivity index (χ1v) is 8.79. The number of benzene rings is 2. The summed E-state index contributed by atoms with van der Waals surface area (Å²) in [6, 6.07) is 8.75. The second-order valence-electron chi connectivity index (χ2n) is 6.08. The van der Waals surface area contributed by atoms with Gasteiger partial charge in [-0.2, -0.15) is 0 Å². The Morgan fingerprint density at radius 3 is 2.23 bits per heavy atom. The molecule has 1 aliphatic heterocycles. The molecule has 9 nitrogen and oxygen atoms in total. The van der Waals surface area contributed by atoms with Crippen molar-refractivity contribution in [2.24, 2.45) is 0 Å². The molecule has 2 aromatic rings. The largest absolute Gasteiger partial charge is 0.497 e. The first kappa shape index (κ1) is 20.7. The number of imide groups is 2. The smallest absolute Gasteiger partial charge is 0.335 e. The van der Waals surface area contributed by atoms with Crippen LogP contribution in [0.5, 0.6) is 23.0 Å². The maximum absolute atomic E-state index is 13.1. The first-order chi connectivity index (χ1) is 14.4. The number of rotatable bonds is 6. The molecule has 0 spiro atoms. The topological polar surface area (TPSA) is 103 Å². The number of carbonyl (C=O) groups is 3. The van der Waals surface area contributed by atoms with E-state index in [4.69, 9.17) is 18.9 Å². The van der Waals surface area contributed by atoms with Gasteiger partial charge in [-0.1, -0.05) is 6.07 Å². The molecule has 3 rings (SSSR count).